The van der Waals surface area contributed by atoms with Gasteiger partial charge in [0.15, 0.2) is 15.7 Å². The Morgan fingerprint density at radius 2 is 2.23 bits per heavy atom. The van der Waals surface area contributed by atoms with Gasteiger partial charge in [-0.15, -0.1) is 0 Å². The molecule has 1 saturated heterocycles. The Kier molecular flexibility index (Phi) is 5.29. The van der Waals surface area contributed by atoms with Crippen LogP contribution in [0.3, 0.4) is 0 Å². The lowest BCUT2D eigenvalue weighted by Gasteiger charge is -2.34. The van der Waals surface area contributed by atoms with Crippen LogP contribution in [-0.4, -0.2) is 50.0 Å². The molecule has 1 unspecified atom stereocenters. The van der Waals surface area contributed by atoms with Crippen molar-refractivity contribution in [1.82, 2.24) is 9.55 Å². The highest BCUT2D eigenvalue weighted by Crippen LogP contribution is 2.21. The Balaban J connectivity index is 2.57. The molecule has 0 aromatic carbocycles. The summed E-state index contributed by atoms with van der Waals surface area (Å²) in [5, 5.41) is -0.894. The van der Waals surface area contributed by atoms with E-state index in [1.807, 2.05) is 11.8 Å². The Bertz CT molecular complexity index is 704. The second-order valence-electron chi connectivity index (χ2n) is 5.41. The van der Waals surface area contributed by atoms with E-state index in [-0.39, 0.29) is 11.9 Å². The van der Waals surface area contributed by atoms with Gasteiger partial charge in [-0.3, -0.25) is 9.36 Å². The Hall–Kier alpha value is -0.930. The van der Waals surface area contributed by atoms with Gasteiger partial charge in [0.1, 0.15) is 9.98 Å². The average molecular weight is 394 g/mol. The first-order chi connectivity index (χ1) is 10.3. The number of nitrogens with zero attached hydrogens (tertiary/aromatic N) is 3. The molecule has 0 spiro atoms. The van der Waals surface area contributed by atoms with Gasteiger partial charge < -0.3 is 9.64 Å². The van der Waals surface area contributed by atoms with Crippen molar-refractivity contribution in [1.29, 1.82) is 0 Å². The largest absolute Gasteiger partial charge is 0.377 e. The van der Waals surface area contributed by atoms with Crippen LogP contribution in [-0.2, 0) is 14.6 Å². The topological polar surface area (TPSA) is 81.5 Å². The maximum absolute atomic E-state index is 12.7. The van der Waals surface area contributed by atoms with E-state index in [0.717, 1.165) is 6.26 Å². The molecule has 2 rings (SSSR count). The lowest BCUT2D eigenvalue weighted by atomic mass is 10.2. The molecule has 22 heavy (non-hydrogen) atoms. The number of ether oxygens (including phenoxy) is 1. The summed E-state index contributed by atoms with van der Waals surface area (Å²) in [4.78, 5) is 18.9. The van der Waals surface area contributed by atoms with Crippen molar-refractivity contribution in [3.8, 4) is 0 Å². The third-order valence-electron chi connectivity index (χ3n) is 3.68. The summed E-state index contributed by atoms with van der Waals surface area (Å²) in [5.41, 5.74) is -0.394. The van der Waals surface area contributed by atoms with E-state index in [0.29, 0.717) is 30.8 Å². The zero-order valence-corrected chi connectivity index (χ0v) is 15.2. The first-order valence-electron chi connectivity index (χ1n) is 7.07. The fraction of sp³-hybridized carbons (Fsp3) is 0.692. The molecule has 0 amide bonds. The minimum Gasteiger partial charge on any atom is -0.377 e. The van der Waals surface area contributed by atoms with Crippen molar-refractivity contribution in [3.63, 3.8) is 0 Å². The van der Waals surface area contributed by atoms with Gasteiger partial charge in [0.25, 0.3) is 5.56 Å². The molecule has 1 aliphatic rings. The van der Waals surface area contributed by atoms with Gasteiger partial charge in [0.2, 0.25) is 0 Å². The van der Waals surface area contributed by atoms with E-state index in [4.69, 9.17) is 4.74 Å². The minimum atomic E-state index is -3.40. The molecule has 124 valence electrons. The number of hydrogen-bond donors (Lipinski definition) is 0. The molecule has 0 saturated carbocycles. The second-order valence-corrected chi connectivity index (χ2v) is 8.43. The van der Waals surface area contributed by atoms with Gasteiger partial charge >= 0.3 is 0 Å². The first-order valence-corrected chi connectivity index (χ1v) is 9.82. The molecule has 1 aliphatic heterocycles. The first kappa shape index (κ1) is 17.4. The number of morpholine rings is 1. The van der Waals surface area contributed by atoms with Crippen LogP contribution in [0.4, 0.5) is 5.82 Å². The third kappa shape index (κ3) is 3.52. The summed E-state index contributed by atoms with van der Waals surface area (Å²) < 4.78 is 31.0. The van der Waals surface area contributed by atoms with E-state index in [9.17, 15) is 13.2 Å². The van der Waals surface area contributed by atoms with Crippen LogP contribution in [0.5, 0.6) is 0 Å². The lowest BCUT2D eigenvalue weighted by Crippen LogP contribution is -2.47. The van der Waals surface area contributed by atoms with Crippen molar-refractivity contribution in [2.45, 2.75) is 31.7 Å². The Morgan fingerprint density at radius 1 is 1.55 bits per heavy atom. The molecule has 2 heterocycles. The van der Waals surface area contributed by atoms with Gasteiger partial charge in [0, 0.05) is 19.0 Å². The van der Waals surface area contributed by atoms with Crippen molar-refractivity contribution < 1.29 is 13.2 Å². The van der Waals surface area contributed by atoms with Gasteiger partial charge in [-0.1, -0.05) is 6.92 Å². The van der Waals surface area contributed by atoms with Crippen LogP contribution in [0, 0.1) is 0 Å². The summed E-state index contributed by atoms with van der Waals surface area (Å²) in [6.45, 7) is 5.26. The fourth-order valence-corrected chi connectivity index (χ4v) is 4.18. The van der Waals surface area contributed by atoms with Crippen LogP contribution in [0.2, 0.25) is 0 Å². The predicted octanol–water partition coefficient (Wildman–Crippen LogP) is 1.18. The zero-order chi connectivity index (χ0) is 16.5. The van der Waals surface area contributed by atoms with Crippen molar-refractivity contribution in [2.24, 2.45) is 0 Å². The fourth-order valence-electron chi connectivity index (χ4n) is 2.62. The van der Waals surface area contributed by atoms with Crippen molar-refractivity contribution >= 4 is 31.6 Å². The molecule has 1 fully saturated rings. The van der Waals surface area contributed by atoms with Crippen LogP contribution >= 0.6 is 15.9 Å². The van der Waals surface area contributed by atoms with Crippen LogP contribution in [0.15, 0.2) is 15.6 Å². The SMILES string of the molecule is CCC(n1cc(Br)nc(N2CCOC[C@H]2C)c1=O)S(C)(=O)=O. The summed E-state index contributed by atoms with van der Waals surface area (Å²) >= 11 is 3.27. The van der Waals surface area contributed by atoms with Gasteiger partial charge in [-0.05, 0) is 29.3 Å². The molecule has 7 nitrogen and oxygen atoms in total. The smallest absolute Gasteiger partial charge is 0.294 e. The average Bonchev–Trinajstić information content (AvgIpc) is 2.42. The molecule has 0 N–H and O–H groups in total. The molecule has 0 aliphatic carbocycles. The standard InChI is InChI=1S/C13H20BrN3O4S/c1-4-11(22(3,19)20)17-7-10(14)15-12(13(17)18)16-5-6-21-8-9(16)2/h7,9,11H,4-6,8H2,1-3H3/t9-,11?/m1/s1. The summed E-state index contributed by atoms with van der Waals surface area (Å²) in [6, 6.07) is 0.00927. The van der Waals surface area contributed by atoms with Gasteiger partial charge in [0.05, 0.1) is 19.3 Å². The molecular weight excluding hydrogens is 374 g/mol. The normalized spacial score (nSPS) is 20.9. The number of rotatable bonds is 4. The molecule has 0 bridgehead atoms. The maximum atomic E-state index is 12.7. The van der Waals surface area contributed by atoms with Gasteiger partial charge in [-0.2, -0.15) is 0 Å². The van der Waals surface area contributed by atoms with Gasteiger partial charge in [-0.25, -0.2) is 13.4 Å². The molecular formula is C13H20BrN3O4S. The molecule has 1 aromatic heterocycles. The van der Waals surface area contributed by atoms with E-state index < -0.39 is 20.8 Å². The summed E-state index contributed by atoms with van der Waals surface area (Å²) in [5.74, 6) is 0.257. The maximum Gasteiger partial charge on any atom is 0.294 e. The molecule has 9 heteroatoms. The number of hydrogen-bond acceptors (Lipinski definition) is 6. The minimum absolute atomic E-state index is 0.00927. The van der Waals surface area contributed by atoms with E-state index in [1.165, 1.54) is 10.8 Å². The Labute approximate surface area is 138 Å². The van der Waals surface area contributed by atoms with Crippen LogP contribution in [0.1, 0.15) is 25.6 Å². The summed E-state index contributed by atoms with van der Waals surface area (Å²) in [7, 11) is -3.40. The quantitative estimate of drug-likeness (QED) is 0.763. The highest BCUT2D eigenvalue weighted by atomic mass is 79.9. The van der Waals surface area contributed by atoms with Crippen molar-refractivity contribution in [3.05, 3.63) is 21.2 Å². The van der Waals surface area contributed by atoms with E-state index in [2.05, 4.69) is 20.9 Å². The zero-order valence-electron chi connectivity index (χ0n) is 12.8. The van der Waals surface area contributed by atoms with E-state index in [1.54, 1.807) is 6.92 Å². The number of aromatic nitrogens is 2. The van der Waals surface area contributed by atoms with E-state index >= 15 is 0 Å². The third-order valence-corrected chi connectivity index (χ3v) is 5.61. The monoisotopic (exact) mass is 393 g/mol. The van der Waals surface area contributed by atoms with Crippen LogP contribution in [0.25, 0.3) is 0 Å². The number of halogens is 1. The van der Waals surface area contributed by atoms with Crippen LogP contribution < -0.4 is 10.5 Å². The van der Waals surface area contributed by atoms with Crippen molar-refractivity contribution in [2.75, 3.05) is 30.9 Å². The molecule has 1 aromatic rings. The number of sulfone groups is 1. The predicted molar refractivity (Wildman–Crippen MR) is 88.0 cm³/mol. The Morgan fingerprint density at radius 3 is 2.77 bits per heavy atom. The lowest BCUT2D eigenvalue weighted by molar-refractivity contribution is 0.0983. The molecule has 0 radical (unpaired) electrons. The highest BCUT2D eigenvalue weighted by Gasteiger charge is 2.28. The highest BCUT2D eigenvalue weighted by molar-refractivity contribution is 9.10. The number of anilines is 1. The summed E-state index contributed by atoms with van der Waals surface area (Å²) in [6.07, 6.45) is 2.89. The molecule has 2 atom stereocenters. The second kappa shape index (κ2) is 6.67.